The zero-order chi connectivity index (χ0) is 21.4. The van der Waals surface area contributed by atoms with Crippen molar-refractivity contribution in [3.8, 4) is 11.4 Å². The average molecular weight is 427 g/mol. The van der Waals surface area contributed by atoms with E-state index in [0.717, 1.165) is 5.39 Å². The van der Waals surface area contributed by atoms with Gasteiger partial charge in [0.1, 0.15) is 10.5 Å². The van der Waals surface area contributed by atoms with Crippen LogP contribution in [0, 0.1) is 0 Å². The van der Waals surface area contributed by atoms with Gasteiger partial charge in [0.15, 0.2) is 0 Å². The van der Waals surface area contributed by atoms with Crippen LogP contribution in [-0.2, 0) is 6.54 Å². The molecule has 4 aromatic heterocycles. The zero-order valence-corrected chi connectivity index (χ0v) is 17.4. The molecule has 4 heterocycles. The topological polar surface area (TPSA) is 91.8 Å². The lowest BCUT2D eigenvalue weighted by Gasteiger charge is -2.18. The van der Waals surface area contributed by atoms with Crippen LogP contribution in [0.25, 0.3) is 32.5 Å². The van der Waals surface area contributed by atoms with E-state index in [1.165, 1.54) is 11.3 Å². The van der Waals surface area contributed by atoms with Crippen LogP contribution >= 0.6 is 11.3 Å². The van der Waals surface area contributed by atoms with E-state index in [4.69, 9.17) is 0 Å². The lowest BCUT2D eigenvalue weighted by atomic mass is 10.0. The molecule has 5 aromatic rings. The SMILES string of the molecule is CN(Cc1nc2ccsc2c(=O)[nH]1)C(=O)c1cc(-c2ccccn2)nc2ccccc12. The van der Waals surface area contributed by atoms with Crippen molar-refractivity contribution in [3.63, 3.8) is 0 Å². The number of rotatable bonds is 4. The molecule has 31 heavy (non-hydrogen) atoms. The average Bonchev–Trinajstić information content (AvgIpc) is 3.27. The first-order valence-electron chi connectivity index (χ1n) is 9.63. The zero-order valence-electron chi connectivity index (χ0n) is 16.6. The number of thiophene rings is 1. The normalized spacial score (nSPS) is 11.1. The molecule has 0 saturated carbocycles. The molecular formula is C23H17N5O2S. The molecular weight excluding hydrogens is 410 g/mol. The predicted molar refractivity (Wildman–Crippen MR) is 121 cm³/mol. The minimum atomic E-state index is -0.192. The highest BCUT2D eigenvalue weighted by Gasteiger charge is 2.19. The molecule has 0 radical (unpaired) electrons. The Morgan fingerprint density at radius 1 is 1.03 bits per heavy atom. The molecule has 0 atom stereocenters. The number of amides is 1. The summed E-state index contributed by atoms with van der Waals surface area (Å²) in [4.78, 5) is 43.5. The monoisotopic (exact) mass is 427 g/mol. The van der Waals surface area contributed by atoms with Gasteiger partial charge in [-0.25, -0.2) is 9.97 Å². The summed E-state index contributed by atoms with van der Waals surface area (Å²) in [6, 6.07) is 16.7. The number of benzene rings is 1. The van der Waals surface area contributed by atoms with Crippen molar-refractivity contribution >= 4 is 38.4 Å². The van der Waals surface area contributed by atoms with Crippen LogP contribution in [0.5, 0.6) is 0 Å². The summed E-state index contributed by atoms with van der Waals surface area (Å²) >= 11 is 1.35. The fourth-order valence-electron chi connectivity index (χ4n) is 3.50. The first-order chi connectivity index (χ1) is 15.1. The van der Waals surface area contributed by atoms with Crippen LogP contribution in [0.4, 0.5) is 0 Å². The molecule has 5 rings (SSSR count). The van der Waals surface area contributed by atoms with E-state index in [-0.39, 0.29) is 18.0 Å². The smallest absolute Gasteiger partial charge is 0.268 e. The Balaban J connectivity index is 1.54. The fourth-order valence-corrected chi connectivity index (χ4v) is 4.22. The third kappa shape index (κ3) is 3.57. The lowest BCUT2D eigenvalue weighted by molar-refractivity contribution is 0.0783. The van der Waals surface area contributed by atoms with Crippen LogP contribution in [-0.4, -0.2) is 37.8 Å². The maximum Gasteiger partial charge on any atom is 0.268 e. The van der Waals surface area contributed by atoms with Crippen molar-refractivity contribution in [3.05, 3.63) is 87.9 Å². The van der Waals surface area contributed by atoms with Crippen molar-refractivity contribution < 1.29 is 4.79 Å². The second-order valence-corrected chi connectivity index (χ2v) is 8.01. The quantitative estimate of drug-likeness (QED) is 0.470. The number of nitrogens with one attached hydrogen (secondary N) is 1. The number of H-pyrrole nitrogens is 1. The summed E-state index contributed by atoms with van der Waals surface area (Å²) < 4.78 is 0.581. The largest absolute Gasteiger partial charge is 0.334 e. The Morgan fingerprint density at radius 3 is 2.71 bits per heavy atom. The van der Waals surface area contributed by atoms with Gasteiger partial charge in [-0.3, -0.25) is 14.6 Å². The van der Waals surface area contributed by atoms with Gasteiger partial charge < -0.3 is 9.88 Å². The molecule has 8 heteroatoms. The molecule has 1 amide bonds. The first kappa shape index (κ1) is 19.1. The van der Waals surface area contributed by atoms with Gasteiger partial charge in [-0.05, 0) is 35.7 Å². The molecule has 1 aromatic carbocycles. The van der Waals surface area contributed by atoms with E-state index in [1.807, 2.05) is 47.8 Å². The molecule has 1 N–H and O–H groups in total. The second kappa shape index (κ2) is 7.73. The standard InChI is InChI=1S/C23H17N5O2S/c1-28(13-20-26-18-9-11-31-21(18)22(29)27-20)23(30)15-12-19(17-8-4-5-10-24-17)25-16-7-3-2-6-14(15)16/h2-12H,13H2,1H3,(H,26,27,29). The summed E-state index contributed by atoms with van der Waals surface area (Å²) in [6.45, 7) is 0.176. The number of carbonyl (C=O) groups is 1. The van der Waals surface area contributed by atoms with E-state index in [0.29, 0.717) is 38.5 Å². The van der Waals surface area contributed by atoms with Gasteiger partial charge in [-0.15, -0.1) is 11.3 Å². The first-order valence-corrected chi connectivity index (χ1v) is 10.5. The summed E-state index contributed by atoms with van der Waals surface area (Å²) in [5, 5.41) is 2.59. The molecule has 0 spiro atoms. The van der Waals surface area contributed by atoms with E-state index >= 15 is 0 Å². The van der Waals surface area contributed by atoms with Gasteiger partial charge in [0.2, 0.25) is 0 Å². The van der Waals surface area contributed by atoms with Crippen molar-refractivity contribution in [2.75, 3.05) is 7.05 Å². The van der Waals surface area contributed by atoms with Crippen LogP contribution in [0.3, 0.4) is 0 Å². The van der Waals surface area contributed by atoms with E-state index in [2.05, 4.69) is 19.9 Å². The number of para-hydroxylation sites is 1. The molecule has 7 nitrogen and oxygen atoms in total. The van der Waals surface area contributed by atoms with Gasteiger partial charge in [0.05, 0.1) is 34.5 Å². The highest BCUT2D eigenvalue weighted by Crippen LogP contribution is 2.25. The van der Waals surface area contributed by atoms with Crippen LogP contribution in [0.15, 0.2) is 71.0 Å². The maximum absolute atomic E-state index is 13.4. The van der Waals surface area contributed by atoms with E-state index < -0.39 is 0 Å². The molecule has 0 aliphatic rings. The number of hydrogen-bond acceptors (Lipinski definition) is 6. The Hall–Kier alpha value is -3.91. The highest BCUT2D eigenvalue weighted by molar-refractivity contribution is 7.17. The molecule has 0 bridgehead atoms. The maximum atomic E-state index is 13.4. The van der Waals surface area contributed by atoms with Gasteiger partial charge in [-0.1, -0.05) is 24.3 Å². The molecule has 0 aliphatic carbocycles. The number of pyridine rings is 2. The molecule has 0 aliphatic heterocycles. The van der Waals surface area contributed by atoms with Crippen LogP contribution in [0.2, 0.25) is 0 Å². The second-order valence-electron chi connectivity index (χ2n) is 7.10. The number of carbonyl (C=O) groups excluding carboxylic acids is 1. The van der Waals surface area contributed by atoms with Gasteiger partial charge in [0, 0.05) is 18.6 Å². The lowest BCUT2D eigenvalue weighted by Crippen LogP contribution is -2.28. The third-order valence-electron chi connectivity index (χ3n) is 4.97. The fraction of sp³-hybridized carbons (Fsp3) is 0.0870. The van der Waals surface area contributed by atoms with Crippen molar-refractivity contribution in [1.82, 2.24) is 24.8 Å². The van der Waals surface area contributed by atoms with Crippen molar-refractivity contribution in [2.45, 2.75) is 6.54 Å². The molecule has 0 fully saturated rings. The number of fused-ring (bicyclic) bond motifs is 2. The molecule has 0 unspecified atom stereocenters. The third-order valence-corrected chi connectivity index (χ3v) is 5.87. The van der Waals surface area contributed by atoms with Crippen molar-refractivity contribution in [2.24, 2.45) is 0 Å². The predicted octanol–water partition coefficient (Wildman–Crippen LogP) is 3.87. The summed E-state index contributed by atoms with van der Waals surface area (Å²) in [6.07, 6.45) is 1.70. The van der Waals surface area contributed by atoms with E-state index in [1.54, 1.807) is 30.3 Å². The number of aromatic amines is 1. The highest BCUT2D eigenvalue weighted by atomic mass is 32.1. The van der Waals surface area contributed by atoms with E-state index in [9.17, 15) is 9.59 Å². The van der Waals surface area contributed by atoms with Gasteiger partial charge >= 0.3 is 0 Å². The summed E-state index contributed by atoms with van der Waals surface area (Å²) in [7, 11) is 1.69. The van der Waals surface area contributed by atoms with Crippen molar-refractivity contribution in [1.29, 1.82) is 0 Å². The molecule has 0 saturated heterocycles. The minimum Gasteiger partial charge on any atom is -0.334 e. The Kier molecular flexibility index (Phi) is 4.76. The Morgan fingerprint density at radius 2 is 1.87 bits per heavy atom. The van der Waals surface area contributed by atoms with Crippen LogP contribution < -0.4 is 5.56 Å². The Labute approximate surface area is 181 Å². The number of hydrogen-bond donors (Lipinski definition) is 1. The molecule has 152 valence electrons. The van der Waals surface area contributed by atoms with Gasteiger partial charge in [-0.2, -0.15) is 0 Å². The summed E-state index contributed by atoms with van der Waals surface area (Å²) in [5.74, 6) is 0.249. The number of nitrogens with zero attached hydrogens (tertiary/aromatic N) is 4. The number of aromatic nitrogens is 4. The van der Waals surface area contributed by atoms with Crippen LogP contribution in [0.1, 0.15) is 16.2 Å². The van der Waals surface area contributed by atoms with Gasteiger partial charge in [0.25, 0.3) is 11.5 Å². The summed E-state index contributed by atoms with van der Waals surface area (Å²) in [5.41, 5.74) is 3.00. The minimum absolute atomic E-state index is 0.176. The Bertz CT molecular complexity index is 1480.